The van der Waals surface area contributed by atoms with Crippen molar-refractivity contribution in [2.75, 3.05) is 25.9 Å². The number of benzene rings is 2. The van der Waals surface area contributed by atoms with E-state index in [0.29, 0.717) is 18.7 Å². The molecule has 0 aliphatic carbocycles. The molecule has 2 aromatic heterocycles. The number of piperidine rings is 1. The van der Waals surface area contributed by atoms with Crippen LogP contribution in [0.1, 0.15) is 45.8 Å². The third-order valence-electron chi connectivity index (χ3n) is 7.35. The summed E-state index contributed by atoms with van der Waals surface area (Å²) >= 11 is 0. The van der Waals surface area contributed by atoms with E-state index >= 15 is 0 Å². The van der Waals surface area contributed by atoms with Crippen LogP contribution >= 0.6 is 0 Å². The van der Waals surface area contributed by atoms with Gasteiger partial charge in [-0.05, 0) is 54.2 Å². The Kier molecular flexibility index (Phi) is 8.24. The highest BCUT2D eigenvalue weighted by molar-refractivity contribution is 5.92. The maximum atomic E-state index is 14.1. The van der Waals surface area contributed by atoms with E-state index < -0.39 is 23.5 Å². The van der Waals surface area contributed by atoms with Gasteiger partial charge in [0.25, 0.3) is 0 Å². The Hall–Kier alpha value is -5.07. The van der Waals surface area contributed by atoms with Crippen LogP contribution in [0.5, 0.6) is 5.75 Å². The van der Waals surface area contributed by atoms with Gasteiger partial charge in [-0.25, -0.2) is 14.6 Å². The topological polar surface area (TPSA) is 133 Å². The number of carbonyl (C=O) groups is 2. The van der Waals surface area contributed by atoms with Crippen LogP contribution in [0.25, 0.3) is 17.1 Å². The standard InChI is InChI=1S/C30H28F3N5O5/c1-42-29(41)37-14-12-20(13-15-37)19-10-8-18(9-11-19)17-43-26-21(4-2-5-23(26)30(31,32)33)24-6-3-7-25(36-24)38-27(34)22(16-35-38)28(39)40/h2-11,16,20H,12-15,17,34H2,1H3,(H,39,40). The molecule has 43 heavy (non-hydrogen) atoms. The normalized spacial score (nSPS) is 14.0. The lowest BCUT2D eigenvalue weighted by Crippen LogP contribution is -2.37. The number of rotatable bonds is 7. The van der Waals surface area contributed by atoms with Crippen molar-refractivity contribution in [1.82, 2.24) is 19.7 Å². The Morgan fingerprint density at radius 1 is 1.05 bits per heavy atom. The molecule has 1 fully saturated rings. The van der Waals surface area contributed by atoms with Gasteiger partial charge >= 0.3 is 18.2 Å². The summed E-state index contributed by atoms with van der Waals surface area (Å²) in [6.07, 6.45) is -2.41. The van der Waals surface area contributed by atoms with E-state index in [4.69, 9.17) is 15.2 Å². The summed E-state index contributed by atoms with van der Waals surface area (Å²) in [5.74, 6) is -1.46. The largest absolute Gasteiger partial charge is 0.488 e. The van der Waals surface area contributed by atoms with E-state index in [0.717, 1.165) is 35.4 Å². The quantitative estimate of drug-likeness (QED) is 0.276. The number of likely N-dealkylation sites (tertiary alicyclic amines) is 1. The molecule has 0 radical (unpaired) electrons. The zero-order valence-electron chi connectivity index (χ0n) is 23.0. The summed E-state index contributed by atoms with van der Waals surface area (Å²) in [4.78, 5) is 29.2. The number of ether oxygens (including phenoxy) is 2. The van der Waals surface area contributed by atoms with Gasteiger partial charge in [-0.15, -0.1) is 0 Å². The molecule has 4 aromatic rings. The van der Waals surface area contributed by atoms with Gasteiger partial charge in [0.15, 0.2) is 5.82 Å². The maximum absolute atomic E-state index is 14.1. The minimum Gasteiger partial charge on any atom is -0.488 e. The van der Waals surface area contributed by atoms with Gasteiger partial charge in [-0.3, -0.25) is 0 Å². The molecule has 2 aromatic carbocycles. The predicted octanol–water partition coefficient (Wildman–Crippen LogP) is 5.76. The number of para-hydroxylation sites is 1. The highest BCUT2D eigenvalue weighted by Gasteiger charge is 2.36. The second kappa shape index (κ2) is 12.0. The first-order valence-corrected chi connectivity index (χ1v) is 13.4. The Morgan fingerprint density at radius 3 is 2.37 bits per heavy atom. The van der Waals surface area contributed by atoms with Crippen LogP contribution in [0.4, 0.5) is 23.8 Å². The molecule has 1 aliphatic rings. The lowest BCUT2D eigenvalue weighted by atomic mass is 9.89. The van der Waals surface area contributed by atoms with Crippen molar-refractivity contribution >= 4 is 17.9 Å². The Morgan fingerprint density at radius 2 is 1.74 bits per heavy atom. The van der Waals surface area contributed by atoms with Crippen molar-refractivity contribution in [2.24, 2.45) is 0 Å². The van der Waals surface area contributed by atoms with E-state index in [1.165, 1.54) is 31.4 Å². The zero-order valence-corrected chi connectivity index (χ0v) is 23.0. The van der Waals surface area contributed by atoms with Crippen molar-refractivity contribution in [2.45, 2.75) is 31.5 Å². The maximum Gasteiger partial charge on any atom is 0.419 e. The van der Waals surface area contributed by atoms with Gasteiger partial charge in [0, 0.05) is 18.7 Å². The number of carboxylic acid groups (broad SMARTS) is 1. The molecule has 1 aliphatic heterocycles. The summed E-state index contributed by atoms with van der Waals surface area (Å²) in [5.41, 5.74) is 6.72. The molecule has 224 valence electrons. The van der Waals surface area contributed by atoms with Gasteiger partial charge in [0.2, 0.25) is 0 Å². The Balaban J connectivity index is 1.38. The van der Waals surface area contributed by atoms with Crippen molar-refractivity contribution < 1.29 is 37.3 Å². The first-order chi connectivity index (χ1) is 20.6. The number of nitrogens with zero attached hydrogens (tertiary/aromatic N) is 4. The molecule has 0 saturated carbocycles. The SMILES string of the molecule is COC(=O)N1CCC(c2ccc(COc3c(-c4cccc(-n5ncc(C(=O)O)c5N)n4)cccc3C(F)(F)F)cc2)CC1. The average molecular weight is 596 g/mol. The predicted molar refractivity (Wildman–Crippen MR) is 150 cm³/mol. The first kappa shape index (κ1) is 29.4. The van der Waals surface area contributed by atoms with E-state index in [1.54, 1.807) is 11.0 Å². The number of pyridine rings is 1. The molecular weight excluding hydrogens is 567 g/mol. The molecule has 13 heteroatoms. The van der Waals surface area contributed by atoms with Gasteiger partial charge in [0.05, 0.1) is 24.6 Å². The van der Waals surface area contributed by atoms with Crippen LogP contribution in [0.2, 0.25) is 0 Å². The fourth-order valence-corrected chi connectivity index (χ4v) is 5.08. The molecule has 1 saturated heterocycles. The molecule has 0 bridgehead atoms. The Labute approximate surface area is 244 Å². The number of carbonyl (C=O) groups excluding carboxylic acids is 1. The lowest BCUT2D eigenvalue weighted by molar-refractivity contribution is -0.139. The summed E-state index contributed by atoms with van der Waals surface area (Å²) in [7, 11) is 1.36. The van der Waals surface area contributed by atoms with Crippen LogP contribution in [-0.4, -0.2) is 57.0 Å². The van der Waals surface area contributed by atoms with Crippen LogP contribution in [0, 0.1) is 0 Å². The number of alkyl halides is 3. The van der Waals surface area contributed by atoms with Crippen molar-refractivity contribution in [3.8, 4) is 22.8 Å². The molecule has 10 nitrogen and oxygen atoms in total. The molecule has 3 N–H and O–H groups in total. The van der Waals surface area contributed by atoms with E-state index in [1.807, 2.05) is 24.3 Å². The summed E-state index contributed by atoms with van der Waals surface area (Å²) < 4.78 is 54.0. The zero-order chi connectivity index (χ0) is 30.7. The fraction of sp³-hybridized carbons (Fsp3) is 0.267. The number of anilines is 1. The van der Waals surface area contributed by atoms with Gasteiger partial charge < -0.3 is 25.2 Å². The number of nitrogen functional groups attached to an aromatic ring is 1. The average Bonchev–Trinajstić information content (AvgIpc) is 3.41. The minimum absolute atomic E-state index is 0.0925. The lowest BCUT2D eigenvalue weighted by Gasteiger charge is -2.31. The monoisotopic (exact) mass is 595 g/mol. The third-order valence-corrected chi connectivity index (χ3v) is 7.35. The van der Waals surface area contributed by atoms with Crippen LogP contribution in [0.15, 0.2) is 66.9 Å². The van der Waals surface area contributed by atoms with E-state index in [2.05, 4.69) is 10.1 Å². The van der Waals surface area contributed by atoms with Gasteiger partial charge in [-0.2, -0.15) is 23.0 Å². The van der Waals surface area contributed by atoms with Crippen LogP contribution in [0.3, 0.4) is 0 Å². The molecular formula is C30H28F3N5O5. The van der Waals surface area contributed by atoms with Crippen LogP contribution < -0.4 is 10.5 Å². The summed E-state index contributed by atoms with van der Waals surface area (Å²) in [6, 6.07) is 15.7. The highest BCUT2D eigenvalue weighted by atomic mass is 19.4. The summed E-state index contributed by atoms with van der Waals surface area (Å²) in [6.45, 7) is 1.04. The van der Waals surface area contributed by atoms with Crippen LogP contribution in [-0.2, 0) is 17.5 Å². The van der Waals surface area contributed by atoms with Gasteiger partial charge in [-0.1, -0.05) is 36.4 Å². The number of carboxylic acids is 1. The summed E-state index contributed by atoms with van der Waals surface area (Å²) in [5, 5.41) is 13.2. The number of aromatic carboxylic acids is 1. The van der Waals surface area contributed by atoms with Crippen molar-refractivity contribution in [3.05, 3.63) is 89.1 Å². The number of aromatic nitrogens is 3. The fourth-order valence-electron chi connectivity index (χ4n) is 5.08. The molecule has 0 unspecified atom stereocenters. The first-order valence-electron chi connectivity index (χ1n) is 13.4. The minimum atomic E-state index is -4.70. The Bertz CT molecular complexity index is 1630. The molecule has 5 rings (SSSR count). The number of halogens is 3. The molecule has 3 heterocycles. The van der Waals surface area contributed by atoms with E-state index in [-0.39, 0.29) is 47.1 Å². The third kappa shape index (κ3) is 6.25. The highest BCUT2D eigenvalue weighted by Crippen LogP contribution is 2.42. The number of hydrogen-bond donors (Lipinski definition) is 2. The number of amides is 1. The van der Waals surface area contributed by atoms with Crippen molar-refractivity contribution in [3.63, 3.8) is 0 Å². The number of nitrogens with two attached hydrogens (primary N) is 1. The van der Waals surface area contributed by atoms with E-state index in [9.17, 15) is 27.9 Å². The second-order valence-corrected chi connectivity index (χ2v) is 9.98. The molecule has 0 spiro atoms. The second-order valence-electron chi connectivity index (χ2n) is 9.98. The van der Waals surface area contributed by atoms with Crippen molar-refractivity contribution in [1.29, 1.82) is 0 Å². The molecule has 0 atom stereocenters. The molecule has 1 amide bonds. The number of methoxy groups -OCH3 is 1. The van der Waals surface area contributed by atoms with Gasteiger partial charge in [0.1, 0.15) is 23.7 Å². The smallest absolute Gasteiger partial charge is 0.419 e. The number of hydrogen-bond acceptors (Lipinski definition) is 7.